The normalized spacial score (nSPS) is 18.4. The summed E-state index contributed by atoms with van der Waals surface area (Å²) in [5.41, 5.74) is 2.82. The van der Waals surface area contributed by atoms with Crippen LogP contribution in [0.25, 0.3) is 0 Å². The van der Waals surface area contributed by atoms with Crippen LogP contribution in [0.4, 0.5) is 0 Å². The van der Waals surface area contributed by atoms with E-state index in [0.29, 0.717) is 5.02 Å². The number of nitriles is 1. The fraction of sp³-hybridized carbons (Fsp3) is 0.474. The molecule has 1 aromatic rings. The quantitative estimate of drug-likeness (QED) is 0.442. The number of piperazine rings is 1. The topological polar surface area (TPSA) is 51.9 Å². The van der Waals surface area contributed by atoms with E-state index in [-0.39, 0.29) is 6.10 Å². The minimum Gasteiger partial charge on any atom is -0.485 e. The molecule has 7 heteroatoms. The minimum atomic E-state index is 0.00743. The average Bonchev–Trinajstić information content (AvgIpc) is 3.47. The third kappa shape index (κ3) is 4.66. The summed E-state index contributed by atoms with van der Waals surface area (Å²) >= 11 is 7.48. The molecule has 0 N–H and O–H groups in total. The van der Waals surface area contributed by atoms with Gasteiger partial charge in [-0.25, -0.2) is 0 Å². The monoisotopic (exact) mass is 390 g/mol. The van der Waals surface area contributed by atoms with E-state index in [1.54, 1.807) is 0 Å². The van der Waals surface area contributed by atoms with Gasteiger partial charge in [0.05, 0.1) is 5.70 Å². The molecular formula is C19H23ClN4OS. The molecule has 138 valence electrons. The molecule has 0 amide bonds. The SMILES string of the molecule is CS/C(=N\C#N)N1CCN(C(=C2CC2)[C@H](C)Oc2ccc(Cl)cc2)CC1. The second-order valence-electron chi connectivity index (χ2n) is 6.38. The van der Waals surface area contributed by atoms with Crippen LogP contribution in [-0.4, -0.2) is 53.5 Å². The lowest BCUT2D eigenvalue weighted by Crippen LogP contribution is -2.49. The van der Waals surface area contributed by atoms with Crippen LogP contribution in [0.5, 0.6) is 5.75 Å². The van der Waals surface area contributed by atoms with Crippen molar-refractivity contribution in [2.24, 2.45) is 4.99 Å². The summed E-state index contributed by atoms with van der Waals surface area (Å²) in [6.45, 7) is 5.68. The molecule has 1 aliphatic heterocycles. The summed E-state index contributed by atoms with van der Waals surface area (Å²) in [5, 5.41) is 10.3. The molecule has 1 heterocycles. The molecule has 1 saturated carbocycles. The number of aliphatic imine (C=N–C) groups is 1. The summed E-state index contributed by atoms with van der Waals surface area (Å²) in [5.74, 6) is 0.838. The molecule has 2 aliphatic rings. The van der Waals surface area contributed by atoms with Crippen molar-refractivity contribution < 1.29 is 4.74 Å². The van der Waals surface area contributed by atoms with E-state index in [1.807, 2.05) is 36.7 Å². The first-order valence-electron chi connectivity index (χ1n) is 8.77. The zero-order chi connectivity index (χ0) is 18.5. The maximum absolute atomic E-state index is 8.83. The Balaban J connectivity index is 1.65. The van der Waals surface area contributed by atoms with Gasteiger partial charge >= 0.3 is 0 Å². The first-order valence-corrected chi connectivity index (χ1v) is 10.4. The van der Waals surface area contributed by atoms with Crippen molar-refractivity contribution in [1.29, 1.82) is 5.26 Å². The van der Waals surface area contributed by atoms with E-state index < -0.39 is 0 Å². The summed E-state index contributed by atoms with van der Waals surface area (Å²) in [4.78, 5) is 8.55. The highest BCUT2D eigenvalue weighted by Crippen LogP contribution is 2.36. The van der Waals surface area contributed by atoms with Crippen LogP contribution in [-0.2, 0) is 0 Å². The Morgan fingerprint density at radius 1 is 1.19 bits per heavy atom. The van der Waals surface area contributed by atoms with Crippen molar-refractivity contribution in [3.8, 4) is 11.9 Å². The Labute approximate surface area is 164 Å². The number of hydrogen-bond donors (Lipinski definition) is 0. The molecule has 2 fully saturated rings. The molecule has 1 aromatic carbocycles. The van der Waals surface area contributed by atoms with Gasteiger partial charge in [0, 0.05) is 31.2 Å². The number of allylic oxidation sites excluding steroid dienone is 1. The van der Waals surface area contributed by atoms with E-state index in [2.05, 4.69) is 21.7 Å². The highest BCUT2D eigenvalue weighted by molar-refractivity contribution is 8.13. The molecule has 0 aromatic heterocycles. The maximum atomic E-state index is 8.83. The summed E-state index contributed by atoms with van der Waals surface area (Å²) in [6, 6.07) is 7.53. The van der Waals surface area contributed by atoms with Crippen molar-refractivity contribution in [2.45, 2.75) is 25.9 Å². The van der Waals surface area contributed by atoms with Gasteiger partial charge in [0.15, 0.2) is 5.17 Å². The molecule has 3 rings (SSSR count). The fourth-order valence-electron chi connectivity index (χ4n) is 3.29. The van der Waals surface area contributed by atoms with Gasteiger partial charge in [0.2, 0.25) is 6.19 Å². The van der Waals surface area contributed by atoms with Gasteiger partial charge < -0.3 is 14.5 Å². The predicted octanol–water partition coefficient (Wildman–Crippen LogP) is 3.97. The first kappa shape index (κ1) is 18.9. The van der Waals surface area contributed by atoms with Gasteiger partial charge in [0.25, 0.3) is 0 Å². The van der Waals surface area contributed by atoms with E-state index in [9.17, 15) is 0 Å². The minimum absolute atomic E-state index is 0.00743. The Bertz CT molecular complexity index is 727. The zero-order valence-corrected chi connectivity index (χ0v) is 16.7. The lowest BCUT2D eigenvalue weighted by atomic mass is 10.2. The standard InChI is InChI=1S/C19H23ClN4OS/c1-14(25-17-7-5-16(20)6-8-17)18(15-3-4-15)23-9-11-24(12-10-23)19(26-2)22-13-21/h5-8,14H,3-4,9-12H2,1-2H3/b22-19-/t14-/m0/s1. The number of nitrogens with zero attached hydrogens (tertiary/aromatic N) is 4. The molecule has 0 bridgehead atoms. The number of halogens is 1. The number of thioether (sulfide) groups is 1. The van der Waals surface area contributed by atoms with Gasteiger partial charge in [-0.1, -0.05) is 23.4 Å². The number of benzene rings is 1. The molecule has 1 saturated heterocycles. The fourth-order valence-corrected chi connectivity index (χ4v) is 3.99. The molecule has 26 heavy (non-hydrogen) atoms. The van der Waals surface area contributed by atoms with Crippen molar-refractivity contribution in [2.75, 3.05) is 32.4 Å². The van der Waals surface area contributed by atoms with Crippen molar-refractivity contribution >= 4 is 28.5 Å². The average molecular weight is 391 g/mol. The van der Waals surface area contributed by atoms with E-state index in [4.69, 9.17) is 21.6 Å². The van der Waals surface area contributed by atoms with Gasteiger partial charge in [-0.3, -0.25) is 0 Å². The second kappa shape index (κ2) is 8.70. The zero-order valence-electron chi connectivity index (χ0n) is 15.1. The van der Waals surface area contributed by atoms with Crippen LogP contribution < -0.4 is 4.74 Å². The van der Waals surface area contributed by atoms with Crippen molar-refractivity contribution in [3.05, 3.63) is 40.6 Å². The predicted molar refractivity (Wildman–Crippen MR) is 108 cm³/mol. The largest absolute Gasteiger partial charge is 0.485 e. The lowest BCUT2D eigenvalue weighted by molar-refractivity contribution is 0.162. The lowest BCUT2D eigenvalue weighted by Gasteiger charge is -2.39. The Morgan fingerprint density at radius 2 is 1.81 bits per heavy atom. The molecule has 1 atom stereocenters. The van der Waals surface area contributed by atoms with Crippen molar-refractivity contribution in [3.63, 3.8) is 0 Å². The van der Waals surface area contributed by atoms with Gasteiger partial charge in [-0.05, 0) is 55.9 Å². The molecule has 0 radical (unpaired) electrons. The number of rotatable bonds is 4. The van der Waals surface area contributed by atoms with Gasteiger partial charge in [-0.15, -0.1) is 4.99 Å². The Kier molecular flexibility index (Phi) is 6.33. The summed E-state index contributed by atoms with van der Waals surface area (Å²) in [7, 11) is 0. The van der Waals surface area contributed by atoms with E-state index >= 15 is 0 Å². The van der Waals surface area contributed by atoms with E-state index in [0.717, 1.165) is 49.9 Å². The highest BCUT2D eigenvalue weighted by Gasteiger charge is 2.30. The maximum Gasteiger partial charge on any atom is 0.208 e. The second-order valence-corrected chi connectivity index (χ2v) is 7.59. The first-order chi connectivity index (χ1) is 12.6. The molecule has 0 spiro atoms. The van der Waals surface area contributed by atoms with Crippen LogP contribution >= 0.6 is 23.4 Å². The highest BCUT2D eigenvalue weighted by atomic mass is 35.5. The van der Waals surface area contributed by atoms with Crippen molar-refractivity contribution in [1.82, 2.24) is 9.80 Å². The van der Waals surface area contributed by atoms with Crippen LogP contribution in [0.3, 0.4) is 0 Å². The number of ether oxygens (including phenoxy) is 1. The molecule has 5 nitrogen and oxygen atoms in total. The smallest absolute Gasteiger partial charge is 0.208 e. The Morgan fingerprint density at radius 3 is 2.35 bits per heavy atom. The molecule has 0 unspecified atom stereocenters. The number of amidine groups is 1. The van der Waals surface area contributed by atoms with Crippen LogP contribution in [0, 0.1) is 11.5 Å². The summed E-state index contributed by atoms with van der Waals surface area (Å²) < 4.78 is 6.18. The van der Waals surface area contributed by atoms with E-state index in [1.165, 1.54) is 23.0 Å². The van der Waals surface area contributed by atoms with Gasteiger partial charge in [-0.2, -0.15) is 5.26 Å². The number of hydrogen-bond acceptors (Lipinski definition) is 5. The van der Waals surface area contributed by atoms with Gasteiger partial charge in [0.1, 0.15) is 11.9 Å². The van der Waals surface area contributed by atoms with Crippen LogP contribution in [0.15, 0.2) is 40.5 Å². The summed E-state index contributed by atoms with van der Waals surface area (Å²) in [6.07, 6.45) is 6.19. The Hall–Kier alpha value is -1.84. The van der Waals surface area contributed by atoms with Crippen LogP contribution in [0.1, 0.15) is 19.8 Å². The molecular weight excluding hydrogens is 368 g/mol. The molecule has 1 aliphatic carbocycles. The third-order valence-corrected chi connectivity index (χ3v) is 5.56. The van der Waals surface area contributed by atoms with Crippen LogP contribution in [0.2, 0.25) is 5.02 Å². The third-order valence-electron chi connectivity index (χ3n) is 4.59.